The van der Waals surface area contributed by atoms with Crippen LogP contribution in [0.25, 0.3) is 11.1 Å². The van der Waals surface area contributed by atoms with Crippen molar-refractivity contribution in [2.75, 3.05) is 26.3 Å². The molecule has 1 aliphatic rings. The molecule has 3 heterocycles. The Morgan fingerprint density at radius 1 is 1.12 bits per heavy atom. The average Bonchev–Trinajstić information content (AvgIpc) is 3.33. The van der Waals surface area contributed by atoms with Crippen LogP contribution in [0.15, 0.2) is 46.9 Å². The zero-order chi connectivity index (χ0) is 22.5. The van der Waals surface area contributed by atoms with Crippen molar-refractivity contribution in [2.45, 2.75) is 39.7 Å². The number of rotatable bonds is 8. The van der Waals surface area contributed by atoms with E-state index in [2.05, 4.69) is 0 Å². The largest absolute Gasteiger partial charge is 0.494 e. The Kier molecular flexibility index (Phi) is 6.83. The van der Waals surface area contributed by atoms with Crippen LogP contribution in [0, 0.1) is 12.8 Å². The lowest BCUT2D eigenvalue weighted by Crippen LogP contribution is -2.41. The molecule has 0 radical (unpaired) electrons. The summed E-state index contributed by atoms with van der Waals surface area (Å²) in [6.07, 6.45) is 2.02. The number of furan rings is 1. The lowest BCUT2D eigenvalue weighted by atomic mass is 9.97. The quantitative estimate of drug-likeness (QED) is 0.384. The number of fused-ring (bicyclic) bond motifs is 1. The molecule has 1 amide bonds. The number of ether oxygens (including phenoxy) is 2. The van der Waals surface area contributed by atoms with Gasteiger partial charge in [-0.05, 0) is 45.2 Å². The van der Waals surface area contributed by atoms with Gasteiger partial charge in [-0.15, -0.1) is 0 Å². The van der Waals surface area contributed by atoms with Gasteiger partial charge in [0.05, 0.1) is 24.6 Å². The number of carbonyl (C=O) groups excluding carboxylic acids is 2. The standard InChI is InChI=1S/C25H30N2O5/c1-3-30-25(29)19-10-13-26(14-11-19)24(28)22-17-23-21(16-18(2)32-23)27(22)12-7-15-31-20-8-5-4-6-9-20/h4-6,8-9,16-17,19H,3,7,10-15H2,1-2H3. The third kappa shape index (κ3) is 4.82. The molecule has 3 aromatic rings. The number of nitrogens with zero attached hydrogens (tertiary/aromatic N) is 2. The van der Waals surface area contributed by atoms with E-state index in [-0.39, 0.29) is 17.8 Å². The number of carbonyl (C=O) groups is 2. The summed E-state index contributed by atoms with van der Waals surface area (Å²) >= 11 is 0. The molecule has 0 bridgehead atoms. The van der Waals surface area contributed by atoms with Crippen LogP contribution < -0.4 is 4.74 Å². The molecule has 0 atom stereocenters. The Hall–Kier alpha value is -3.22. The summed E-state index contributed by atoms with van der Waals surface area (Å²) in [7, 11) is 0. The van der Waals surface area contributed by atoms with E-state index in [4.69, 9.17) is 13.9 Å². The van der Waals surface area contributed by atoms with Gasteiger partial charge in [0, 0.05) is 31.8 Å². The predicted molar refractivity (Wildman–Crippen MR) is 121 cm³/mol. The minimum absolute atomic E-state index is 0.0275. The molecule has 2 aromatic heterocycles. The number of likely N-dealkylation sites (tertiary alicyclic amines) is 1. The first-order chi connectivity index (χ1) is 15.6. The Balaban J connectivity index is 1.43. The van der Waals surface area contributed by atoms with Crippen molar-refractivity contribution in [1.29, 1.82) is 0 Å². The number of hydrogen-bond acceptors (Lipinski definition) is 5. The first-order valence-electron chi connectivity index (χ1n) is 11.3. The molecule has 0 N–H and O–H groups in total. The molecule has 32 heavy (non-hydrogen) atoms. The van der Waals surface area contributed by atoms with Gasteiger partial charge < -0.3 is 23.4 Å². The Labute approximate surface area is 187 Å². The van der Waals surface area contributed by atoms with Crippen molar-refractivity contribution < 1.29 is 23.5 Å². The number of aromatic nitrogens is 1. The lowest BCUT2D eigenvalue weighted by molar-refractivity contribution is -0.149. The van der Waals surface area contributed by atoms with Gasteiger partial charge in [-0.1, -0.05) is 18.2 Å². The van der Waals surface area contributed by atoms with Gasteiger partial charge in [0.2, 0.25) is 0 Å². The van der Waals surface area contributed by atoms with Crippen LogP contribution in [0.3, 0.4) is 0 Å². The second-order valence-electron chi connectivity index (χ2n) is 8.12. The maximum atomic E-state index is 13.3. The molecule has 7 nitrogen and oxygen atoms in total. The molecule has 7 heteroatoms. The predicted octanol–water partition coefficient (Wildman–Crippen LogP) is 4.43. The van der Waals surface area contributed by atoms with Crippen LogP contribution in [-0.4, -0.2) is 47.6 Å². The molecular weight excluding hydrogens is 408 g/mol. The molecule has 0 unspecified atom stereocenters. The highest BCUT2D eigenvalue weighted by Gasteiger charge is 2.30. The van der Waals surface area contributed by atoms with Gasteiger partial charge in [0.1, 0.15) is 17.2 Å². The zero-order valence-electron chi connectivity index (χ0n) is 18.7. The molecule has 1 aliphatic heterocycles. The number of benzene rings is 1. The number of hydrogen-bond donors (Lipinski definition) is 0. The van der Waals surface area contributed by atoms with Crippen molar-refractivity contribution >= 4 is 23.0 Å². The van der Waals surface area contributed by atoms with E-state index in [1.807, 2.05) is 65.8 Å². The Morgan fingerprint density at radius 3 is 2.59 bits per heavy atom. The zero-order valence-corrected chi connectivity index (χ0v) is 18.7. The van der Waals surface area contributed by atoms with Gasteiger partial charge >= 0.3 is 5.97 Å². The smallest absolute Gasteiger partial charge is 0.309 e. The van der Waals surface area contributed by atoms with Gasteiger partial charge in [-0.2, -0.15) is 0 Å². The van der Waals surface area contributed by atoms with Crippen LogP contribution >= 0.6 is 0 Å². The SMILES string of the molecule is CCOC(=O)C1CCN(C(=O)c2cc3oc(C)cc3n2CCCOc2ccccc2)CC1. The van der Waals surface area contributed by atoms with Crippen LogP contribution in [0.1, 0.15) is 42.4 Å². The minimum atomic E-state index is -0.158. The van der Waals surface area contributed by atoms with E-state index >= 15 is 0 Å². The summed E-state index contributed by atoms with van der Waals surface area (Å²) in [5, 5.41) is 0. The number of aryl methyl sites for hydroxylation is 2. The molecule has 1 fully saturated rings. The fraction of sp³-hybridized carbons (Fsp3) is 0.440. The first kappa shape index (κ1) is 22.0. The number of esters is 1. The molecule has 0 spiro atoms. The van der Waals surface area contributed by atoms with Crippen molar-refractivity contribution in [3.63, 3.8) is 0 Å². The molecular formula is C25H30N2O5. The van der Waals surface area contributed by atoms with Crippen molar-refractivity contribution in [2.24, 2.45) is 5.92 Å². The topological polar surface area (TPSA) is 73.9 Å². The van der Waals surface area contributed by atoms with Gasteiger partial charge in [0.25, 0.3) is 5.91 Å². The van der Waals surface area contributed by atoms with E-state index in [9.17, 15) is 9.59 Å². The minimum Gasteiger partial charge on any atom is -0.494 e. The monoisotopic (exact) mass is 438 g/mol. The van der Waals surface area contributed by atoms with Gasteiger partial charge in [-0.3, -0.25) is 9.59 Å². The van der Waals surface area contributed by atoms with Crippen molar-refractivity contribution in [3.05, 3.63) is 53.9 Å². The normalized spacial score (nSPS) is 14.6. The summed E-state index contributed by atoms with van der Waals surface area (Å²) in [4.78, 5) is 27.2. The van der Waals surface area contributed by atoms with Crippen molar-refractivity contribution in [3.8, 4) is 5.75 Å². The van der Waals surface area contributed by atoms with E-state index in [0.717, 1.165) is 29.0 Å². The molecule has 0 saturated carbocycles. The average molecular weight is 439 g/mol. The second kappa shape index (κ2) is 9.94. The van der Waals surface area contributed by atoms with Gasteiger partial charge in [0.15, 0.2) is 5.58 Å². The third-order valence-corrected chi connectivity index (χ3v) is 5.87. The third-order valence-electron chi connectivity index (χ3n) is 5.87. The van der Waals surface area contributed by atoms with Gasteiger partial charge in [-0.25, -0.2) is 0 Å². The summed E-state index contributed by atoms with van der Waals surface area (Å²) in [5.41, 5.74) is 2.26. The van der Waals surface area contributed by atoms with Crippen LogP contribution in [0.5, 0.6) is 5.75 Å². The molecule has 170 valence electrons. The van der Waals surface area contributed by atoms with Crippen LogP contribution in [0.4, 0.5) is 0 Å². The summed E-state index contributed by atoms with van der Waals surface area (Å²) < 4.78 is 18.8. The Bertz CT molecular complexity index is 1060. The van der Waals surface area contributed by atoms with E-state index < -0.39 is 0 Å². The molecule has 1 saturated heterocycles. The number of amides is 1. The van der Waals surface area contributed by atoms with Crippen LogP contribution in [0.2, 0.25) is 0 Å². The van der Waals surface area contributed by atoms with Crippen LogP contribution in [-0.2, 0) is 16.1 Å². The highest BCUT2D eigenvalue weighted by molar-refractivity contribution is 5.97. The Morgan fingerprint density at radius 2 is 1.88 bits per heavy atom. The highest BCUT2D eigenvalue weighted by Crippen LogP contribution is 2.27. The summed E-state index contributed by atoms with van der Waals surface area (Å²) in [5.74, 6) is 1.35. The van der Waals surface area contributed by atoms with E-state index in [1.54, 1.807) is 0 Å². The van der Waals surface area contributed by atoms with E-state index in [0.29, 0.717) is 51.4 Å². The first-order valence-corrected chi connectivity index (χ1v) is 11.3. The number of piperidine rings is 1. The summed E-state index contributed by atoms with van der Waals surface area (Å²) in [6.45, 7) is 6.40. The maximum absolute atomic E-state index is 13.3. The molecule has 1 aromatic carbocycles. The summed E-state index contributed by atoms with van der Waals surface area (Å²) in [6, 6.07) is 13.5. The highest BCUT2D eigenvalue weighted by atomic mass is 16.5. The second-order valence-corrected chi connectivity index (χ2v) is 8.12. The lowest BCUT2D eigenvalue weighted by Gasteiger charge is -2.31. The fourth-order valence-electron chi connectivity index (χ4n) is 4.25. The van der Waals surface area contributed by atoms with Crippen molar-refractivity contribution in [1.82, 2.24) is 9.47 Å². The number of para-hydroxylation sites is 1. The molecule has 4 rings (SSSR count). The molecule has 0 aliphatic carbocycles. The van der Waals surface area contributed by atoms with E-state index in [1.165, 1.54) is 0 Å². The fourth-order valence-corrected chi connectivity index (χ4v) is 4.25. The maximum Gasteiger partial charge on any atom is 0.309 e.